The molecule has 1 rings (SSSR count). The third-order valence-corrected chi connectivity index (χ3v) is 2.72. The van der Waals surface area contributed by atoms with E-state index in [1.54, 1.807) is 19.2 Å². The van der Waals surface area contributed by atoms with E-state index in [4.69, 9.17) is 16.2 Å². The van der Waals surface area contributed by atoms with E-state index in [0.717, 1.165) is 12.0 Å². The van der Waals surface area contributed by atoms with Crippen LogP contribution in [-0.4, -0.2) is 23.0 Å². The summed E-state index contributed by atoms with van der Waals surface area (Å²) in [4.78, 5) is 15.3. The smallest absolute Gasteiger partial charge is 0.254 e. The Morgan fingerprint density at radius 1 is 1.59 bits per heavy atom. The van der Waals surface area contributed by atoms with Crippen LogP contribution in [0.3, 0.4) is 0 Å². The summed E-state index contributed by atoms with van der Waals surface area (Å²) in [6.07, 6.45) is 2.35. The van der Waals surface area contributed by atoms with Crippen LogP contribution in [0.2, 0.25) is 0 Å². The highest BCUT2D eigenvalue weighted by molar-refractivity contribution is 5.96. The van der Waals surface area contributed by atoms with Gasteiger partial charge in [-0.2, -0.15) is 0 Å². The quantitative estimate of drug-likeness (QED) is 0.799. The Hall–Kier alpha value is -1.62. The molecule has 17 heavy (non-hydrogen) atoms. The molecule has 0 bridgehead atoms. The van der Waals surface area contributed by atoms with E-state index < -0.39 is 11.4 Å². The Balaban J connectivity index is 2.92. The number of ether oxygens (including phenoxy) is 1. The lowest BCUT2D eigenvalue weighted by molar-refractivity contribution is 0.0992. The lowest BCUT2D eigenvalue weighted by Gasteiger charge is -2.23. The second kappa shape index (κ2) is 5.14. The molecule has 0 aliphatic rings. The van der Waals surface area contributed by atoms with E-state index in [1.807, 2.05) is 13.8 Å². The number of aryl methyl sites for hydroxylation is 1. The van der Waals surface area contributed by atoms with Crippen LogP contribution < -0.4 is 16.2 Å². The molecule has 0 radical (unpaired) electrons. The van der Waals surface area contributed by atoms with Crippen molar-refractivity contribution in [3.8, 4) is 5.88 Å². The Bertz CT molecular complexity index is 416. The van der Waals surface area contributed by atoms with E-state index in [0.29, 0.717) is 12.2 Å². The fraction of sp³-hybridized carbons (Fsp3) is 0.500. The molecule has 1 unspecified atom stereocenters. The molecule has 0 saturated heterocycles. The Labute approximate surface area is 101 Å². The highest BCUT2D eigenvalue weighted by Gasteiger charge is 2.20. The number of aromatic nitrogens is 1. The summed E-state index contributed by atoms with van der Waals surface area (Å²) in [5.74, 6) is -0.288. The monoisotopic (exact) mass is 237 g/mol. The van der Waals surface area contributed by atoms with Crippen molar-refractivity contribution in [3.63, 3.8) is 0 Å². The van der Waals surface area contributed by atoms with E-state index >= 15 is 0 Å². The van der Waals surface area contributed by atoms with Gasteiger partial charge in [0, 0.05) is 11.7 Å². The molecule has 5 nitrogen and oxygen atoms in total. The molecular weight excluding hydrogens is 218 g/mol. The molecule has 1 aromatic heterocycles. The zero-order valence-electron chi connectivity index (χ0n) is 10.5. The van der Waals surface area contributed by atoms with Crippen molar-refractivity contribution in [3.05, 3.63) is 23.4 Å². The van der Waals surface area contributed by atoms with Crippen molar-refractivity contribution < 1.29 is 9.53 Å². The summed E-state index contributed by atoms with van der Waals surface area (Å²) in [6, 6.07) is 1.72. The summed E-state index contributed by atoms with van der Waals surface area (Å²) < 4.78 is 5.50. The van der Waals surface area contributed by atoms with Gasteiger partial charge >= 0.3 is 0 Å². The van der Waals surface area contributed by atoms with Crippen LogP contribution in [0, 0.1) is 6.92 Å². The summed E-state index contributed by atoms with van der Waals surface area (Å²) >= 11 is 0. The molecule has 1 atom stereocenters. The van der Waals surface area contributed by atoms with Gasteiger partial charge in [0.05, 0.1) is 0 Å². The van der Waals surface area contributed by atoms with Crippen molar-refractivity contribution in [1.82, 2.24) is 4.98 Å². The van der Waals surface area contributed by atoms with Gasteiger partial charge in [0.2, 0.25) is 5.88 Å². The summed E-state index contributed by atoms with van der Waals surface area (Å²) in [5, 5.41) is 0. The second-order valence-electron chi connectivity index (χ2n) is 4.47. The van der Waals surface area contributed by atoms with Gasteiger partial charge < -0.3 is 16.2 Å². The number of amides is 1. The second-order valence-corrected chi connectivity index (χ2v) is 4.47. The molecule has 0 saturated carbocycles. The van der Waals surface area contributed by atoms with E-state index in [9.17, 15) is 4.79 Å². The van der Waals surface area contributed by atoms with E-state index in [-0.39, 0.29) is 5.88 Å². The number of carbonyl (C=O) groups excluding carboxylic acids is 1. The number of nitrogens with two attached hydrogens (primary N) is 2. The lowest BCUT2D eigenvalue weighted by Crippen LogP contribution is -2.41. The predicted molar refractivity (Wildman–Crippen MR) is 65.9 cm³/mol. The van der Waals surface area contributed by atoms with Gasteiger partial charge in [0.15, 0.2) is 0 Å². The van der Waals surface area contributed by atoms with E-state index in [2.05, 4.69) is 4.98 Å². The van der Waals surface area contributed by atoms with Crippen molar-refractivity contribution in [1.29, 1.82) is 0 Å². The predicted octanol–water partition coefficient (Wildman–Crippen LogP) is 0.995. The number of primary amides is 1. The van der Waals surface area contributed by atoms with Gasteiger partial charge in [-0.05, 0) is 31.9 Å². The third-order valence-electron chi connectivity index (χ3n) is 2.72. The molecule has 0 aromatic carbocycles. The van der Waals surface area contributed by atoms with Crippen LogP contribution >= 0.6 is 0 Å². The van der Waals surface area contributed by atoms with Crippen molar-refractivity contribution in [2.45, 2.75) is 32.7 Å². The number of carbonyl (C=O) groups is 1. The number of hydrogen-bond acceptors (Lipinski definition) is 4. The van der Waals surface area contributed by atoms with Gasteiger partial charge in [0.1, 0.15) is 12.2 Å². The lowest BCUT2D eigenvalue weighted by atomic mass is 10.0. The zero-order valence-corrected chi connectivity index (χ0v) is 10.5. The SMILES string of the molecule is CCC(C)(N)COc1nccc(C)c1C(N)=O. The normalized spacial score (nSPS) is 14.1. The van der Waals surface area contributed by atoms with Crippen LogP contribution in [0.15, 0.2) is 12.3 Å². The number of pyridine rings is 1. The summed E-state index contributed by atoms with van der Waals surface area (Å²) in [6.45, 7) is 5.94. The molecule has 5 heteroatoms. The average molecular weight is 237 g/mol. The molecule has 94 valence electrons. The third kappa shape index (κ3) is 3.42. The topological polar surface area (TPSA) is 91.2 Å². The van der Waals surface area contributed by atoms with Crippen molar-refractivity contribution >= 4 is 5.91 Å². The molecule has 0 aliphatic carbocycles. The molecule has 0 spiro atoms. The molecule has 4 N–H and O–H groups in total. The molecule has 1 amide bonds. The summed E-state index contributed by atoms with van der Waals surface area (Å²) in [5.41, 5.74) is 11.9. The fourth-order valence-electron chi connectivity index (χ4n) is 1.28. The molecule has 1 aromatic rings. The maximum Gasteiger partial charge on any atom is 0.254 e. The first-order valence-electron chi connectivity index (χ1n) is 5.54. The van der Waals surface area contributed by atoms with Crippen LogP contribution in [0.5, 0.6) is 5.88 Å². The maximum absolute atomic E-state index is 11.3. The van der Waals surface area contributed by atoms with E-state index in [1.165, 1.54) is 0 Å². The van der Waals surface area contributed by atoms with Crippen LogP contribution in [-0.2, 0) is 0 Å². The molecule has 0 fully saturated rings. The Morgan fingerprint density at radius 2 is 2.24 bits per heavy atom. The van der Waals surface area contributed by atoms with Gasteiger partial charge in [-0.25, -0.2) is 4.98 Å². The molecule has 1 heterocycles. The van der Waals surface area contributed by atoms with Gasteiger partial charge in [-0.15, -0.1) is 0 Å². The minimum Gasteiger partial charge on any atom is -0.475 e. The average Bonchev–Trinajstić information content (AvgIpc) is 2.26. The summed E-state index contributed by atoms with van der Waals surface area (Å²) in [7, 11) is 0. The van der Waals surface area contributed by atoms with Crippen molar-refractivity contribution in [2.75, 3.05) is 6.61 Å². The molecule has 0 aliphatic heterocycles. The first-order chi connectivity index (χ1) is 7.87. The van der Waals surface area contributed by atoms with Gasteiger partial charge in [-0.1, -0.05) is 6.92 Å². The standard InChI is InChI=1S/C12H19N3O2/c1-4-12(3,14)7-17-11-9(10(13)16)8(2)5-6-15-11/h5-6H,4,7,14H2,1-3H3,(H2,13,16). The number of nitrogens with zero attached hydrogens (tertiary/aromatic N) is 1. The first kappa shape index (κ1) is 13.4. The van der Waals surface area contributed by atoms with Gasteiger partial charge in [-0.3, -0.25) is 4.79 Å². The Morgan fingerprint density at radius 3 is 2.76 bits per heavy atom. The minimum atomic E-state index is -0.541. The maximum atomic E-state index is 11.3. The van der Waals surface area contributed by atoms with Crippen molar-refractivity contribution in [2.24, 2.45) is 11.5 Å². The van der Waals surface area contributed by atoms with Crippen LogP contribution in [0.25, 0.3) is 0 Å². The van der Waals surface area contributed by atoms with Gasteiger partial charge in [0.25, 0.3) is 5.91 Å². The fourth-order valence-corrected chi connectivity index (χ4v) is 1.28. The zero-order chi connectivity index (χ0) is 13.1. The highest BCUT2D eigenvalue weighted by atomic mass is 16.5. The molecular formula is C12H19N3O2. The Kier molecular flexibility index (Phi) is 4.07. The first-order valence-corrected chi connectivity index (χ1v) is 5.54. The number of hydrogen-bond donors (Lipinski definition) is 2. The number of rotatable bonds is 5. The minimum absolute atomic E-state index is 0.252. The largest absolute Gasteiger partial charge is 0.475 e. The highest BCUT2D eigenvalue weighted by Crippen LogP contribution is 2.19. The van der Waals surface area contributed by atoms with Crippen LogP contribution in [0.4, 0.5) is 0 Å². The van der Waals surface area contributed by atoms with Crippen LogP contribution in [0.1, 0.15) is 36.2 Å².